The lowest BCUT2D eigenvalue weighted by Gasteiger charge is -2.29. The molecule has 1 rings (SSSR count). The predicted molar refractivity (Wildman–Crippen MR) is 87.4 cm³/mol. The summed E-state index contributed by atoms with van der Waals surface area (Å²) < 4.78 is 5.20. The molecule has 1 saturated carbocycles. The van der Waals surface area contributed by atoms with Gasteiger partial charge >= 0.3 is 5.97 Å². The second kappa shape index (κ2) is 8.74. The van der Waals surface area contributed by atoms with Crippen LogP contribution in [-0.2, 0) is 9.53 Å². The van der Waals surface area contributed by atoms with Gasteiger partial charge in [0.2, 0.25) is 0 Å². The zero-order chi connectivity index (χ0) is 15.9. The smallest absolute Gasteiger partial charge is 0.326 e. The van der Waals surface area contributed by atoms with E-state index in [1.54, 1.807) is 0 Å². The van der Waals surface area contributed by atoms with Crippen molar-refractivity contribution in [3.05, 3.63) is 0 Å². The Morgan fingerprint density at radius 2 is 2.05 bits per heavy atom. The first-order chi connectivity index (χ1) is 9.94. The molecule has 1 aliphatic rings. The van der Waals surface area contributed by atoms with Crippen molar-refractivity contribution in [1.82, 2.24) is 10.2 Å². The molecule has 0 amide bonds. The summed E-state index contributed by atoms with van der Waals surface area (Å²) >= 11 is 0. The molecule has 21 heavy (non-hydrogen) atoms. The highest BCUT2D eigenvalue weighted by atomic mass is 16.5. The van der Waals surface area contributed by atoms with Gasteiger partial charge in [-0.05, 0) is 78.9 Å². The third-order valence-corrected chi connectivity index (χ3v) is 4.73. The molecular weight excluding hydrogens is 264 g/mol. The van der Waals surface area contributed by atoms with Crippen LogP contribution in [0.5, 0.6) is 0 Å². The molecule has 1 aliphatic carbocycles. The Kier molecular flexibility index (Phi) is 7.67. The highest BCUT2D eigenvalue weighted by molar-refractivity contribution is 5.80. The summed E-state index contributed by atoms with van der Waals surface area (Å²) in [5, 5.41) is 3.29. The van der Waals surface area contributed by atoms with Crippen molar-refractivity contribution in [3.63, 3.8) is 0 Å². The molecule has 0 bridgehead atoms. The fourth-order valence-electron chi connectivity index (χ4n) is 2.93. The summed E-state index contributed by atoms with van der Waals surface area (Å²) in [6.07, 6.45) is 5.81. The van der Waals surface area contributed by atoms with Crippen LogP contribution in [-0.4, -0.2) is 49.2 Å². The largest absolute Gasteiger partial charge is 0.465 e. The number of carbonyl (C=O) groups excluding carboxylic acids is 1. The lowest BCUT2D eigenvalue weighted by molar-refractivity contribution is -0.150. The number of nitrogens with zero attached hydrogens (tertiary/aromatic N) is 1. The second-order valence-corrected chi connectivity index (χ2v) is 6.60. The summed E-state index contributed by atoms with van der Waals surface area (Å²) in [5.74, 6) is 0.799. The van der Waals surface area contributed by atoms with Crippen molar-refractivity contribution < 1.29 is 9.53 Å². The van der Waals surface area contributed by atoms with E-state index >= 15 is 0 Å². The first-order valence-electron chi connectivity index (χ1n) is 8.57. The van der Waals surface area contributed by atoms with Crippen LogP contribution in [0, 0.1) is 5.92 Å². The molecule has 0 saturated heterocycles. The van der Waals surface area contributed by atoms with Gasteiger partial charge in [-0.15, -0.1) is 0 Å². The van der Waals surface area contributed by atoms with Gasteiger partial charge < -0.3 is 15.0 Å². The number of carbonyl (C=O) groups is 1. The van der Waals surface area contributed by atoms with Gasteiger partial charge in [-0.25, -0.2) is 0 Å². The number of likely N-dealkylation sites (N-methyl/N-ethyl adjacent to an activating group) is 1. The molecule has 124 valence electrons. The van der Waals surface area contributed by atoms with E-state index in [9.17, 15) is 4.79 Å². The molecule has 4 heteroatoms. The second-order valence-electron chi connectivity index (χ2n) is 6.60. The number of rotatable bonds is 11. The van der Waals surface area contributed by atoms with Crippen LogP contribution in [0.2, 0.25) is 0 Å². The van der Waals surface area contributed by atoms with Crippen molar-refractivity contribution in [3.8, 4) is 0 Å². The van der Waals surface area contributed by atoms with Gasteiger partial charge in [-0.1, -0.05) is 6.92 Å². The Bertz CT molecular complexity index is 318. The Morgan fingerprint density at radius 3 is 2.57 bits per heavy atom. The molecule has 0 heterocycles. The van der Waals surface area contributed by atoms with E-state index < -0.39 is 5.54 Å². The van der Waals surface area contributed by atoms with E-state index in [-0.39, 0.29) is 5.97 Å². The Labute approximate surface area is 130 Å². The average molecular weight is 298 g/mol. The normalized spacial score (nSPS) is 19.3. The van der Waals surface area contributed by atoms with Crippen molar-refractivity contribution in [1.29, 1.82) is 0 Å². The predicted octanol–water partition coefficient (Wildman–Crippen LogP) is 2.82. The van der Waals surface area contributed by atoms with Crippen LogP contribution in [0.15, 0.2) is 0 Å². The van der Waals surface area contributed by atoms with E-state index in [1.165, 1.54) is 12.8 Å². The summed E-state index contributed by atoms with van der Waals surface area (Å²) in [6.45, 7) is 10.5. The molecule has 0 aromatic rings. The Hall–Kier alpha value is -0.610. The average Bonchev–Trinajstić information content (AvgIpc) is 3.27. The highest BCUT2D eigenvalue weighted by Crippen LogP contribution is 2.34. The molecule has 0 aliphatic heterocycles. The first-order valence-corrected chi connectivity index (χ1v) is 8.57. The quantitative estimate of drug-likeness (QED) is 0.470. The standard InChI is InChI=1S/C17H34N2O2/c1-6-18-17(4,16(20)21-7-2)12-8-9-13-19(5)14(3)15-10-11-15/h14-15,18H,6-13H2,1-5H3. The van der Waals surface area contributed by atoms with Crippen molar-refractivity contribution in [2.24, 2.45) is 5.92 Å². The minimum atomic E-state index is -0.536. The minimum Gasteiger partial charge on any atom is -0.465 e. The van der Waals surface area contributed by atoms with E-state index in [1.807, 2.05) is 20.8 Å². The molecule has 1 fully saturated rings. The summed E-state index contributed by atoms with van der Waals surface area (Å²) in [4.78, 5) is 14.6. The van der Waals surface area contributed by atoms with Crippen LogP contribution < -0.4 is 5.32 Å². The van der Waals surface area contributed by atoms with Crippen molar-refractivity contribution in [2.45, 2.75) is 71.4 Å². The van der Waals surface area contributed by atoms with Crippen LogP contribution in [0.4, 0.5) is 0 Å². The van der Waals surface area contributed by atoms with Gasteiger partial charge in [0.15, 0.2) is 0 Å². The third kappa shape index (κ3) is 5.95. The minimum absolute atomic E-state index is 0.119. The lowest BCUT2D eigenvalue weighted by Crippen LogP contribution is -2.50. The summed E-state index contributed by atoms with van der Waals surface area (Å²) in [6, 6.07) is 0.704. The van der Waals surface area contributed by atoms with Crippen molar-refractivity contribution in [2.75, 3.05) is 26.7 Å². The fraction of sp³-hybridized carbons (Fsp3) is 0.941. The maximum atomic E-state index is 12.1. The molecule has 0 aromatic carbocycles. The number of esters is 1. The highest BCUT2D eigenvalue weighted by Gasteiger charge is 2.33. The van der Waals surface area contributed by atoms with E-state index in [4.69, 9.17) is 4.74 Å². The number of unbranched alkanes of at least 4 members (excludes halogenated alkanes) is 1. The van der Waals surface area contributed by atoms with Crippen molar-refractivity contribution >= 4 is 5.97 Å². The van der Waals surface area contributed by atoms with Crippen LogP contribution >= 0.6 is 0 Å². The van der Waals surface area contributed by atoms with Gasteiger partial charge in [0, 0.05) is 6.04 Å². The van der Waals surface area contributed by atoms with Gasteiger partial charge in [0.05, 0.1) is 6.61 Å². The van der Waals surface area contributed by atoms with E-state index in [2.05, 4.69) is 24.2 Å². The number of ether oxygens (including phenoxy) is 1. The molecule has 4 nitrogen and oxygen atoms in total. The number of hydrogen-bond donors (Lipinski definition) is 1. The summed E-state index contributed by atoms with van der Waals surface area (Å²) in [7, 11) is 2.22. The molecule has 2 unspecified atom stereocenters. The van der Waals surface area contributed by atoms with Gasteiger partial charge in [-0.3, -0.25) is 4.79 Å². The fourth-order valence-corrected chi connectivity index (χ4v) is 2.93. The molecular formula is C17H34N2O2. The SMILES string of the molecule is CCNC(C)(CCCCN(C)C(C)C1CC1)C(=O)OCC. The summed E-state index contributed by atoms with van der Waals surface area (Å²) in [5.41, 5.74) is -0.536. The van der Waals surface area contributed by atoms with Gasteiger partial charge in [0.1, 0.15) is 5.54 Å². The maximum Gasteiger partial charge on any atom is 0.326 e. The number of nitrogens with one attached hydrogen (secondary N) is 1. The molecule has 0 radical (unpaired) electrons. The topological polar surface area (TPSA) is 41.6 Å². The van der Waals surface area contributed by atoms with Crippen LogP contribution in [0.25, 0.3) is 0 Å². The van der Waals surface area contributed by atoms with E-state index in [0.717, 1.165) is 38.3 Å². The number of hydrogen-bond acceptors (Lipinski definition) is 4. The molecule has 0 aromatic heterocycles. The van der Waals surface area contributed by atoms with E-state index in [0.29, 0.717) is 12.6 Å². The molecule has 2 atom stereocenters. The van der Waals surface area contributed by atoms with Crippen LogP contribution in [0.3, 0.4) is 0 Å². The third-order valence-electron chi connectivity index (χ3n) is 4.73. The Balaban J connectivity index is 2.30. The van der Waals surface area contributed by atoms with Gasteiger partial charge in [-0.2, -0.15) is 0 Å². The maximum absolute atomic E-state index is 12.1. The zero-order valence-electron chi connectivity index (χ0n) is 14.6. The first kappa shape index (κ1) is 18.4. The lowest BCUT2D eigenvalue weighted by atomic mass is 9.94. The zero-order valence-corrected chi connectivity index (χ0v) is 14.6. The molecule has 1 N–H and O–H groups in total. The Morgan fingerprint density at radius 1 is 1.38 bits per heavy atom. The monoisotopic (exact) mass is 298 g/mol. The van der Waals surface area contributed by atoms with Gasteiger partial charge in [0.25, 0.3) is 0 Å². The van der Waals surface area contributed by atoms with Crippen LogP contribution in [0.1, 0.15) is 59.8 Å². The molecule has 0 spiro atoms.